The minimum atomic E-state index is -0.495. The van der Waals surface area contributed by atoms with Crippen LogP contribution in [0.2, 0.25) is 0 Å². The lowest BCUT2D eigenvalue weighted by Gasteiger charge is -2.29. The molecule has 2 bridgehead atoms. The van der Waals surface area contributed by atoms with Crippen LogP contribution in [0.25, 0.3) is 6.08 Å². The predicted molar refractivity (Wildman–Crippen MR) is 121 cm³/mol. The number of rotatable bonds is 3. The van der Waals surface area contributed by atoms with Crippen LogP contribution in [0.15, 0.2) is 54.6 Å². The molecule has 7 heteroatoms. The third-order valence-corrected chi connectivity index (χ3v) is 5.98. The van der Waals surface area contributed by atoms with Crippen molar-refractivity contribution >= 4 is 17.9 Å². The summed E-state index contributed by atoms with van der Waals surface area (Å²) >= 11 is 0. The lowest BCUT2D eigenvalue weighted by atomic mass is 10.1. The number of carbonyl (C=O) groups excluding carboxylic acids is 2. The summed E-state index contributed by atoms with van der Waals surface area (Å²) in [7, 11) is 0. The van der Waals surface area contributed by atoms with Crippen molar-refractivity contribution in [2.45, 2.75) is 31.3 Å². The molecular formula is C25H28FN3O3. The summed E-state index contributed by atoms with van der Waals surface area (Å²) in [5.74, 6) is -0.562. The number of halogens is 1. The number of hydrogen-bond donors (Lipinski definition) is 2. The van der Waals surface area contributed by atoms with E-state index in [1.54, 1.807) is 0 Å². The van der Waals surface area contributed by atoms with Gasteiger partial charge in [-0.05, 0) is 36.6 Å². The van der Waals surface area contributed by atoms with E-state index in [9.17, 15) is 14.0 Å². The van der Waals surface area contributed by atoms with Crippen LogP contribution in [0.5, 0.6) is 5.75 Å². The molecule has 2 atom stereocenters. The SMILES string of the molecule is O=C1C[C@@H]2CC[C@H](CNC(=O)c3cc(F)ccc3OCCN1)N2CC=Cc1ccccc1. The van der Waals surface area contributed by atoms with E-state index < -0.39 is 5.82 Å². The van der Waals surface area contributed by atoms with E-state index in [-0.39, 0.29) is 36.1 Å². The maximum Gasteiger partial charge on any atom is 0.255 e. The number of nitrogens with one attached hydrogen (secondary N) is 2. The van der Waals surface area contributed by atoms with Gasteiger partial charge in [-0.15, -0.1) is 0 Å². The molecule has 1 saturated heterocycles. The number of carbonyl (C=O) groups is 2. The van der Waals surface area contributed by atoms with E-state index in [0.29, 0.717) is 31.8 Å². The highest BCUT2D eigenvalue weighted by Crippen LogP contribution is 2.27. The van der Waals surface area contributed by atoms with Crippen molar-refractivity contribution in [3.8, 4) is 5.75 Å². The molecular weight excluding hydrogens is 409 g/mol. The Morgan fingerprint density at radius 1 is 1.06 bits per heavy atom. The molecule has 4 rings (SSSR count). The third kappa shape index (κ3) is 5.53. The molecule has 2 amide bonds. The third-order valence-electron chi connectivity index (χ3n) is 5.98. The molecule has 0 spiro atoms. The van der Waals surface area contributed by atoms with Crippen LogP contribution < -0.4 is 15.4 Å². The smallest absolute Gasteiger partial charge is 0.255 e. The lowest BCUT2D eigenvalue weighted by molar-refractivity contribution is -0.122. The number of hydrogen-bond acceptors (Lipinski definition) is 4. The van der Waals surface area contributed by atoms with Gasteiger partial charge in [0, 0.05) is 31.6 Å². The first-order valence-corrected chi connectivity index (χ1v) is 11.0. The van der Waals surface area contributed by atoms with Gasteiger partial charge in [0.15, 0.2) is 0 Å². The maximum absolute atomic E-state index is 13.8. The van der Waals surface area contributed by atoms with E-state index in [4.69, 9.17) is 4.74 Å². The van der Waals surface area contributed by atoms with E-state index in [1.807, 2.05) is 30.3 Å². The average molecular weight is 438 g/mol. The summed E-state index contributed by atoms with van der Waals surface area (Å²) in [5, 5.41) is 5.84. The molecule has 2 heterocycles. The van der Waals surface area contributed by atoms with Crippen LogP contribution in [-0.4, -0.2) is 55.0 Å². The first kappa shape index (κ1) is 22.0. The fraction of sp³-hybridized carbons (Fsp3) is 0.360. The Labute approximate surface area is 187 Å². The zero-order valence-electron chi connectivity index (χ0n) is 17.9. The van der Waals surface area contributed by atoms with Gasteiger partial charge in [0.05, 0.1) is 12.1 Å². The van der Waals surface area contributed by atoms with Crippen LogP contribution >= 0.6 is 0 Å². The topological polar surface area (TPSA) is 70.7 Å². The summed E-state index contributed by atoms with van der Waals surface area (Å²) in [6.07, 6.45) is 6.34. The Kier molecular flexibility index (Phi) is 7.17. The van der Waals surface area contributed by atoms with Gasteiger partial charge < -0.3 is 15.4 Å². The summed E-state index contributed by atoms with van der Waals surface area (Å²) in [5.41, 5.74) is 1.28. The largest absolute Gasteiger partial charge is 0.491 e. The van der Waals surface area contributed by atoms with Crippen LogP contribution in [0, 0.1) is 5.82 Å². The monoisotopic (exact) mass is 437 g/mol. The van der Waals surface area contributed by atoms with Crippen molar-refractivity contribution in [3.63, 3.8) is 0 Å². The number of benzene rings is 2. The molecule has 2 aromatic rings. The normalized spacial score (nSPS) is 22.5. The Balaban J connectivity index is 1.52. The summed E-state index contributed by atoms with van der Waals surface area (Å²) < 4.78 is 19.4. The molecule has 1 fully saturated rings. The van der Waals surface area contributed by atoms with Gasteiger partial charge in [0.1, 0.15) is 18.2 Å². The van der Waals surface area contributed by atoms with Crippen LogP contribution in [0.4, 0.5) is 4.39 Å². The Morgan fingerprint density at radius 2 is 1.88 bits per heavy atom. The van der Waals surface area contributed by atoms with Crippen molar-refractivity contribution in [2.75, 3.05) is 26.2 Å². The Morgan fingerprint density at radius 3 is 2.72 bits per heavy atom. The number of ether oxygens (including phenoxy) is 1. The first-order valence-electron chi connectivity index (χ1n) is 11.0. The second-order valence-electron chi connectivity index (χ2n) is 8.15. The molecule has 0 unspecified atom stereocenters. The van der Waals surface area contributed by atoms with Crippen LogP contribution in [0.1, 0.15) is 35.2 Å². The van der Waals surface area contributed by atoms with Gasteiger partial charge in [-0.25, -0.2) is 4.39 Å². The highest BCUT2D eigenvalue weighted by atomic mass is 19.1. The molecule has 6 nitrogen and oxygen atoms in total. The van der Waals surface area contributed by atoms with Gasteiger partial charge in [-0.1, -0.05) is 42.5 Å². The molecule has 2 aromatic carbocycles. The van der Waals surface area contributed by atoms with E-state index in [2.05, 4.69) is 27.7 Å². The number of fused-ring (bicyclic) bond motifs is 3. The van der Waals surface area contributed by atoms with Gasteiger partial charge in [0.2, 0.25) is 5.91 Å². The molecule has 2 N–H and O–H groups in total. The van der Waals surface area contributed by atoms with Crippen LogP contribution in [-0.2, 0) is 4.79 Å². The second kappa shape index (κ2) is 10.4. The Hall–Kier alpha value is -3.19. The summed E-state index contributed by atoms with van der Waals surface area (Å²) in [4.78, 5) is 27.6. The molecule has 32 heavy (non-hydrogen) atoms. The lowest BCUT2D eigenvalue weighted by Crippen LogP contribution is -2.45. The van der Waals surface area contributed by atoms with E-state index in [1.165, 1.54) is 18.2 Å². The minimum Gasteiger partial charge on any atom is -0.491 e. The first-order chi connectivity index (χ1) is 15.6. The van der Waals surface area contributed by atoms with Crippen molar-refractivity contribution in [1.82, 2.24) is 15.5 Å². The van der Waals surface area contributed by atoms with E-state index >= 15 is 0 Å². The highest BCUT2D eigenvalue weighted by Gasteiger charge is 2.34. The molecule has 0 radical (unpaired) electrons. The molecule has 168 valence electrons. The second-order valence-corrected chi connectivity index (χ2v) is 8.15. The van der Waals surface area contributed by atoms with E-state index in [0.717, 1.165) is 18.4 Å². The van der Waals surface area contributed by atoms with Gasteiger partial charge in [-0.3, -0.25) is 14.5 Å². The molecule has 0 aliphatic carbocycles. The van der Waals surface area contributed by atoms with Crippen molar-refractivity contribution in [2.24, 2.45) is 0 Å². The minimum absolute atomic E-state index is 0.0169. The standard InChI is InChI=1S/C25H28FN3O3/c26-19-8-11-23-22(15-19)25(31)28-17-21-10-9-20(16-24(30)27-12-14-32-23)29(21)13-4-7-18-5-2-1-3-6-18/h1-8,11,15,20-21H,9-10,12-14,16-17H2,(H,27,30)(H,28,31)/t20-,21+/m0/s1. The summed E-state index contributed by atoms with van der Waals surface area (Å²) in [6.45, 7) is 1.63. The number of nitrogens with zero attached hydrogens (tertiary/aromatic N) is 1. The average Bonchev–Trinajstić information content (AvgIpc) is 3.17. The quantitative estimate of drug-likeness (QED) is 0.775. The van der Waals surface area contributed by atoms with Crippen molar-refractivity contribution < 1.29 is 18.7 Å². The molecule has 0 saturated carbocycles. The summed E-state index contributed by atoms with van der Waals surface area (Å²) in [6, 6.07) is 14.2. The molecule has 0 aromatic heterocycles. The molecule has 2 aliphatic rings. The predicted octanol–water partition coefficient (Wildman–Crippen LogP) is 3.00. The van der Waals surface area contributed by atoms with Crippen molar-refractivity contribution in [3.05, 3.63) is 71.6 Å². The zero-order valence-corrected chi connectivity index (χ0v) is 17.9. The fourth-order valence-corrected chi connectivity index (χ4v) is 4.37. The van der Waals surface area contributed by atoms with Crippen LogP contribution in [0.3, 0.4) is 0 Å². The Bertz CT molecular complexity index is 980. The number of amides is 2. The highest BCUT2D eigenvalue weighted by molar-refractivity contribution is 5.97. The molecule has 2 aliphatic heterocycles. The zero-order chi connectivity index (χ0) is 22.3. The van der Waals surface area contributed by atoms with Gasteiger partial charge >= 0.3 is 0 Å². The van der Waals surface area contributed by atoms with Gasteiger partial charge in [-0.2, -0.15) is 0 Å². The fourth-order valence-electron chi connectivity index (χ4n) is 4.37. The van der Waals surface area contributed by atoms with Gasteiger partial charge in [0.25, 0.3) is 5.91 Å². The maximum atomic E-state index is 13.8. The van der Waals surface area contributed by atoms with Crippen molar-refractivity contribution in [1.29, 1.82) is 0 Å².